The fraction of sp³-hybridized carbons (Fsp3) is 0.160. The second kappa shape index (κ2) is 15.2. The van der Waals surface area contributed by atoms with E-state index < -0.39 is 46.7 Å². The standard InChI is InChI=1S/C25H16I6O11S/c1-25(8-40-22(34)13-2-10(26)4-15(28)19(13)32,9-41-23(35)14-3-11(27)5-16(29)20(14)33)24(36)42-12-6-17(30)21(18(31)7-12)43(37,38)39/h2-7,32-33H,8-9H2,1H3,(H,37,38,39). The first kappa shape index (κ1) is 37.4. The van der Waals surface area contributed by atoms with E-state index in [1.807, 2.05) is 90.4 Å². The number of rotatable bonds is 9. The molecule has 11 nitrogen and oxygen atoms in total. The molecule has 0 atom stereocenters. The zero-order chi connectivity index (χ0) is 32.4. The second-order valence-electron chi connectivity index (χ2n) is 8.86. The van der Waals surface area contributed by atoms with Crippen molar-refractivity contribution in [3.8, 4) is 17.2 Å². The Morgan fingerprint density at radius 2 is 1.12 bits per heavy atom. The first-order valence-electron chi connectivity index (χ1n) is 11.2. The molecule has 0 heterocycles. The van der Waals surface area contributed by atoms with Gasteiger partial charge in [0.15, 0.2) is 0 Å². The summed E-state index contributed by atoms with van der Waals surface area (Å²) in [6.07, 6.45) is 0. The first-order chi connectivity index (χ1) is 19.8. The summed E-state index contributed by atoms with van der Waals surface area (Å²) >= 11 is 11.0. The highest BCUT2D eigenvalue weighted by Gasteiger charge is 2.40. The summed E-state index contributed by atoms with van der Waals surface area (Å²) in [6, 6.07) is 8.51. The smallest absolute Gasteiger partial charge is 0.342 e. The van der Waals surface area contributed by atoms with E-state index in [0.29, 0.717) is 14.3 Å². The molecule has 0 aliphatic carbocycles. The molecule has 0 saturated heterocycles. The average Bonchev–Trinajstić information content (AvgIpc) is 2.88. The van der Waals surface area contributed by atoms with Crippen LogP contribution in [0.2, 0.25) is 0 Å². The van der Waals surface area contributed by atoms with Gasteiger partial charge in [-0.15, -0.1) is 0 Å². The molecule has 3 N–H and O–H groups in total. The first-order valence-corrected chi connectivity index (χ1v) is 19.1. The maximum Gasteiger partial charge on any atom is 0.342 e. The molecule has 43 heavy (non-hydrogen) atoms. The third-order valence-electron chi connectivity index (χ3n) is 5.47. The minimum atomic E-state index is -4.56. The van der Waals surface area contributed by atoms with Crippen LogP contribution in [-0.2, 0) is 24.4 Å². The Bertz CT molecular complexity index is 1650. The molecule has 0 aromatic heterocycles. The maximum atomic E-state index is 13.5. The van der Waals surface area contributed by atoms with Crippen LogP contribution in [0.1, 0.15) is 27.6 Å². The van der Waals surface area contributed by atoms with Gasteiger partial charge >= 0.3 is 17.9 Å². The van der Waals surface area contributed by atoms with Gasteiger partial charge in [-0.25, -0.2) is 9.59 Å². The number of phenols is 2. The molecule has 0 aliphatic rings. The van der Waals surface area contributed by atoms with E-state index in [0.717, 1.165) is 0 Å². The van der Waals surface area contributed by atoms with Crippen molar-refractivity contribution in [1.82, 2.24) is 0 Å². The van der Waals surface area contributed by atoms with Gasteiger partial charge < -0.3 is 24.4 Å². The largest absolute Gasteiger partial charge is 0.506 e. The summed E-state index contributed by atoms with van der Waals surface area (Å²) in [7, 11) is -4.56. The summed E-state index contributed by atoms with van der Waals surface area (Å²) < 4.78 is 51.5. The van der Waals surface area contributed by atoms with E-state index in [2.05, 4.69) is 0 Å². The molecule has 0 spiro atoms. The Balaban J connectivity index is 1.93. The molecule has 0 saturated carbocycles. The highest BCUT2D eigenvalue weighted by atomic mass is 127. The van der Waals surface area contributed by atoms with E-state index in [1.54, 1.807) is 57.3 Å². The number of hydrogen-bond donors (Lipinski definition) is 3. The van der Waals surface area contributed by atoms with Crippen molar-refractivity contribution in [3.63, 3.8) is 0 Å². The third-order valence-corrected chi connectivity index (χ3v) is 11.8. The Morgan fingerprint density at radius 1 is 0.721 bits per heavy atom. The third kappa shape index (κ3) is 9.50. The summed E-state index contributed by atoms with van der Waals surface area (Å²) in [5.74, 6) is -3.63. The van der Waals surface area contributed by atoms with Gasteiger partial charge in [-0.2, -0.15) is 8.42 Å². The molecular weight excluding hydrogens is 1270 g/mol. The van der Waals surface area contributed by atoms with Crippen molar-refractivity contribution in [2.45, 2.75) is 11.8 Å². The topological polar surface area (TPSA) is 174 Å². The van der Waals surface area contributed by atoms with Crippen LogP contribution in [0.15, 0.2) is 41.3 Å². The van der Waals surface area contributed by atoms with Crippen molar-refractivity contribution in [1.29, 1.82) is 0 Å². The van der Waals surface area contributed by atoms with Gasteiger partial charge in [0.2, 0.25) is 0 Å². The summed E-state index contributed by atoms with van der Waals surface area (Å²) in [4.78, 5) is 39.0. The Labute approximate surface area is 327 Å². The van der Waals surface area contributed by atoms with Crippen LogP contribution in [0.4, 0.5) is 0 Å². The summed E-state index contributed by atoms with van der Waals surface area (Å²) in [5, 5.41) is 20.7. The molecule has 0 fully saturated rings. The van der Waals surface area contributed by atoms with Gasteiger partial charge in [-0.05, 0) is 179 Å². The SMILES string of the molecule is CC(COC(=O)c1cc(I)cc(I)c1O)(COC(=O)c1cc(I)cc(I)c1O)C(=O)Oc1cc(I)c(S(=O)(=O)O)c(I)c1. The summed E-state index contributed by atoms with van der Waals surface area (Å²) in [6.45, 7) is -0.00571. The monoisotopic (exact) mass is 1290 g/mol. The fourth-order valence-electron chi connectivity index (χ4n) is 3.28. The molecular formula is C25H16I6O11S. The lowest BCUT2D eigenvalue weighted by molar-refractivity contribution is -0.150. The lowest BCUT2D eigenvalue weighted by atomic mass is 9.93. The van der Waals surface area contributed by atoms with Crippen LogP contribution in [0.25, 0.3) is 0 Å². The predicted molar refractivity (Wildman–Crippen MR) is 203 cm³/mol. The van der Waals surface area contributed by atoms with Gasteiger partial charge in [0.25, 0.3) is 10.1 Å². The Morgan fingerprint density at radius 3 is 1.49 bits per heavy atom. The molecule has 230 valence electrons. The molecule has 0 unspecified atom stereocenters. The van der Waals surface area contributed by atoms with Crippen LogP contribution in [-0.4, -0.2) is 54.3 Å². The highest BCUT2D eigenvalue weighted by molar-refractivity contribution is 14.1. The van der Waals surface area contributed by atoms with E-state index in [9.17, 15) is 37.6 Å². The quantitative estimate of drug-likeness (QED) is 0.0913. The zero-order valence-corrected chi connectivity index (χ0v) is 34.9. The van der Waals surface area contributed by atoms with Crippen molar-refractivity contribution >= 4 is 164 Å². The van der Waals surface area contributed by atoms with Crippen molar-refractivity contribution < 1.29 is 51.8 Å². The maximum absolute atomic E-state index is 13.5. The van der Waals surface area contributed by atoms with Crippen LogP contribution >= 0.6 is 136 Å². The van der Waals surface area contributed by atoms with E-state index in [-0.39, 0.29) is 40.4 Å². The average molecular weight is 1290 g/mol. The second-order valence-corrected chi connectivity index (χ2v) is 17.4. The van der Waals surface area contributed by atoms with Crippen LogP contribution in [0.5, 0.6) is 17.2 Å². The van der Waals surface area contributed by atoms with E-state index in [4.69, 9.17) is 14.2 Å². The predicted octanol–water partition coefficient (Wildman–Crippen LogP) is 6.60. The molecule has 3 rings (SSSR count). The lowest BCUT2D eigenvalue weighted by Crippen LogP contribution is -2.42. The minimum absolute atomic E-state index is 0.0712. The number of esters is 3. The molecule has 0 aliphatic heterocycles. The van der Waals surface area contributed by atoms with E-state index in [1.165, 1.54) is 31.2 Å². The van der Waals surface area contributed by atoms with Crippen LogP contribution in [0, 0.1) is 26.8 Å². The van der Waals surface area contributed by atoms with Crippen molar-refractivity contribution in [3.05, 3.63) is 68.9 Å². The number of carbonyl (C=O) groups is 3. The Hall–Kier alpha value is -0.0400. The number of ether oxygens (including phenoxy) is 3. The normalized spacial score (nSPS) is 11.6. The number of benzene rings is 3. The van der Waals surface area contributed by atoms with Crippen LogP contribution < -0.4 is 4.74 Å². The summed E-state index contributed by atoms with van der Waals surface area (Å²) in [5.41, 5.74) is -2.11. The van der Waals surface area contributed by atoms with Crippen molar-refractivity contribution in [2.24, 2.45) is 5.41 Å². The molecule has 0 bridgehead atoms. The molecule has 0 radical (unpaired) electrons. The highest BCUT2D eigenvalue weighted by Crippen LogP contribution is 2.33. The Kier molecular flexibility index (Phi) is 13.3. The number of aromatic hydroxyl groups is 2. The molecule has 18 heteroatoms. The van der Waals surface area contributed by atoms with Crippen molar-refractivity contribution in [2.75, 3.05) is 13.2 Å². The number of halogens is 6. The zero-order valence-electron chi connectivity index (χ0n) is 21.2. The molecule has 0 amide bonds. The molecule has 3 aromatic rings. The van der Waals surface area contributed by atoms with Gasteiger partial charge in [0.05, 0.1) is 7.14 Å². The van der Waals surface area contributed by atoms with Crippen LogP contribution in [0.3, 0.4) is 0 Å². The number of phenolic OH excluding ortho intramolecular Hbond substituents is 2. The van der Waals surface area contributed by atoms with Gasteiger partial charge in [0, 0.05) is 14.3 Å². The van der Waals surface area contributed by atoms with Gasteiger partial charge in [-0.1, -0.05) is 0 Å². The lowest BCUT2D eigenvalue weighted by Gasteiger charge is -2.26. The molecule has 3 aromatic carbocycles. The fourth-order valence-corrected chi connectivity index (χ4v) is 11.0. The number of carbonyl (C=O) groups excluding carboxylic acids is 3. The van der Waals surface area contributed by atoms with Gasteiger partial charge in [-0.3, -0.25) is 9.35 Å². The number of hydrogen-bond acceptors (Lipinski definition) is 10. The minimum Gasteiger partial charge on any atom is -0.506 e. The van der Waals surface area contributed by atoms with E-state index >= 15 is 0 Å². The van der Waals surface area contributed by atoms with Gasteiger partial charge in [0.1, 0.15) is 51.9 Å².